The second kappa shape index (κ2) is 3.79. The van der Waals surface area contributed by atoms with Crippen molar-refractivity contribution in [2.45, 2.75) is 20.3 Å². The molecule has 0 aliphatic carbocycles. The fraction of sp³-hybridized carbons (Fsp3) is 0.300. The molecule has 2 rings (SSSR count). The van der Waals surface area contributed by atoms with E-state index in [4.69, 9.17) is 5.73 Å². The van der Waals surface area contributed by atoms with Crippen LogP contribution in [0.3, 0.4) is 0 Å². The van der Waals surface area contributed by atoms with E-state index in [1.165, 1.54) is 0 Å². The van der Waals surface area contributed by atoms with Crippen molar-refractivity contribution >= 4 is 43.3 Å². The summed E-state index contributed by atoms with van der Waals surface area (Å²) in [5.74, 6) is 0.611. The summed E-state index contributed by atoms with van der Waals surface area (Å²) in [5, 5.41) is 0. The van der Waals surface area contributed by atoms with Gasteiger partial charge in [-0.2, -0.15) is 0 Å². The van der Waals surface area contributed by atoms with Crippen LogP contribution in [0.5, 0.6) is 0 Å². The Balaban J connectivity index is 2.97. The van der Waals surface area contributed by atoms with Gasteiger partial charge in [0.15, 0.2) is 5.65 Å². The van der Waals surface area contributed by atoms with Gasteiger partial charge in [-0.15, -0.1) is 0 Å². The van der Waals surface area contributed by atoms with Crippen molar-refractivity contribution in [1.29, 1.82) is 0 Å². The molecule has 15 heavy (non-hydrogen) atoms. The highest BCUT2D eigenvalue weighted by Gasteiger charge is 2.14. The molecule has 2 aromatic rings. The topological polar surface area (TPSA) is 43.3 Å². The molecular weight excluding hydrogens is 322 g/mol. The molecule has 0 amide bonds. The van der Waals surface area contributed by atoms with Gasteiger partial charge in [0.25, 0.3) is 0 Å². The molecule has 0 unspecified atom stereocenters. The molecule has 80 valence electrons. The van der Waals surface area contributed by atoms with Gasteiger partial charge in [-0.05, 0) is 51.3 Å². The zero-order valence-electron chi connectivity index (χ0n) is 8.51. The Hall–Kier alpha value is -0.550. The van der Waals surface area contributed by atoms with Crippen LogP contribution in [0.15, 0.2) is 15.0 Å². The van der Waals surface area contributed by atoms with Crippen LogP contribution in [0.25, 0.3) is 5.65 Å². The van der Waals surface area contributed by atoms with E-state index in [1.807, 2.05) is 13.0 Å². The van der Waals surface area contributed by atoms with Crippen molar-refractivity contribution in [2.24, 2.45) is 0 Å². The van der Waals surface area contributed by atoms with Crippen LogP contribution < -0.4 is 5.73 Å². The third-order valence-corrected chi connectivity index (χ3v) is 3.87. The van der Waals surface area contributed by atoms with Crippen molar-refractivity contribution in [3.8, 4) is 0 Å². The van der Waals surface area contributed by atoms with Crippen LogP contribution in [-0.2, 0) is 6.42 Å². The van der Waals surface area contributed by atoms with E-state index < -0.39 is 0 Å². The average molecular weight is 333 g/mol. The SMILES string of the molecule is CCc1c(N)nc2c(Br)cc(Br)c(C)n12. The molecule has 0 spiro atoms. The number of hydrogen-bond acceptors (Lipinski definition) is 2. The number of pyridine rings is 1. The van der Waals surface area contributed by atoms with Crippen LogP contribution in [0.2, 0.25) is 0 Å². The fourth-order valence-corrected chi connectivity index (χ4v) is 2.93. The molecule has 0 aliphatic heterocycles. The fourth-order valence-electron chi connectivity index (χ4n) is 1.72. The number of hydrogen-bond donors (Lipinski definition) is 1. The highest BCUT2D eigenvalue weighted by Crippen LogP contribution is 2.29. The summed E-state index contributed by atoms with van der Waals surface area (Å²) in [4.78, 5) is 4.36. The van der Waals surface area contributed by atoms with E-state index in [9.17, 15) is 0 Å². The minimum Gasteiger partial charge on any atom is -0.382 e. The summed E-state index contributed by atoms with van der Waals surface area (Å²) in [6, 6.07) is 2.00. The number of fused-ring (bicyclic) bond motifs is 1. The van der Waals surface area contributed by atoms with Gasteiger partial charge in [0, 0.05) is 10.2 Å². The van der Waals surface area contributed by atoms with Crippen LogP contribution in [0.1, 0.15) is 18.3 Å². The monoisotopic (exact) mass is 331 g/mol. The predicted octanol–water partition coefficient (Wildman–Crippen LogP) is 3.31. The first-order valence-electron chi connectivity index (χ1n) is 4.67. The Morgan fingerprint density at radius 2 is 2.07 bits per heavy atom. The molecule has 0 radical (unpaired) electrons. The maximum absolute atomic E-state index is 5.88. The van der Waals surface area contributed by atoms with E-state index in [0.29, 0.717) is 5.82 Å². The largest absolute Gasteiger partial charge is 0.382 e. The van der Waals surface area contributed by atoms with Gasteiger partial charge in [0.05, 0.1) is 10.2 Å². The molecule has 2 N–H and O–H groups in total. The lowest BCUT2D eigenvalue weighted by Crippen LogP contribution is -1.99. The number of halogens is 2. The first kappa shape index (κ1) is 11.0. The molecule has 3 nitrogen and oxygen atoms in total. The molecular formula is C10H11Br2N3. The maximum Gasteiger partial charge on any atom is 0.154 e. The summed E-state index contributed by atoms with van der Waals surface area (Å²) in [5.41, 5.74) is 8.94. The normalized spacial score (nSPS) is 11.2. The van der Waals surface area contributed by atoms with E-state index in [2.05, 4.69) is 48.2 Å². The number of aromatic nitrogens is 2. The average Bonchev–Trinajstić information content (AvgIpc) is 2.52. The third-order valence-electron chi connectivity index (χ3n) is 2.49. The predicted molar refractivity (Wildman–Crippen MR) is 69.1 cm³/mol. The van der Waals surface area contributed by atoms with Crippen LogP contribution in [-0.4, -0.2) is 9.38 Å². The Morgan fingerprint density at radius 3 is 2.67 bits per heavy atom. The number of nitrogen functional groups attached to an aromatic ring is 1. The molecule has 0 saturated heterocycles. The van der Waals surface area contributed by atoms with Crippen molar-refractivity contribution in [3.63, 3.8) is 0 Å². The number of nitrogens with two attached hydrogens (primary N) is 1. The summed E-state index contributed by atoms with van der Waals surface area (Å²) < 4.78 is 4.09. The number of imidazole rings is 1. The molecule has 0 aliphatic rings. The Labute approximate surface area is 105 Å². The van der Waals surface area contributed by atoms with E-state index in [-0.39, 0.29) is 0 Å². The Morgan fingerprint density at radius 1 is 1.40 bits per heavy atom. The van der Waals surface area contributed by atoms with Gasteiger partial charge < -0.3 is 5.73 Å². The lowest BCUT2D eigenvalue weighted by molar-refractivity contribution is 0.954. The van der Waals surface area contributed by atoms with Crippen molar-refractivity contribution in [2.75, 3.05) is 5.73 Å². The lowest BCUT2D eigenvalue weighted by atomic mass is 10.3. The number of nitrogens with zero attached hydrogens (tertiary/aromatic N) is 2. The minimum absolute atomic E-state index is 0.611. The maximum atomic E-state index is 5.88. The van der Waals surface area contributed by atoms with Crippen molar-refractivity contribution in [3.05, 3.63) is 26.4 Å². The molecule has 2 heterocycles. The summed E-state index contributed by atoms with van der Waals surface area (Å²) in [6.07, 6.45) is 0.872. The second-order valence-corrected chi connectivity index (χ2v) is 5.09. The second-order valence-electron chi connectivity index (χ2n) is 3.38. The molecule has 0 atom stereocenters. The summed E-state index contributed by atoms with van der Waals surface area (Å²) in [6.45, 7) is 4.12. The van der Waals surface area contributed by atoms with Crippen LogP contribution in [0.4, 0.5) is 5.82 Å². The number of aryl methyl sites for hydroxylation is 2. The van der Waals surface area contributed by atoms with Crippen molar-refractivity contribution < 1.29 is 0 Å². The smallest absolute Gasteiger partial charge is 0.154 e. The third kappa shape index (κ3) is 1.58. The van der Waals surface area contributed by atoms with Gasteiger partial charge in [-0.3, -0.25) is 4.40 Å². The number of anilines is 1. The van der Waals surface area contributed by atoms with Gasteiger partial charge in [0.2, 0.25) is 0 Å². The van der Waals surface area contributed by atoms with Gasteiger partial charge in [-0.1, -0.05) is 6.92 Å². The zero-order valence-corrected chi connectivity index (χ0v) is 11.7. The molecule has 0 bridgehead atoms. The zero-order chi connectivity index (χ0) is 11.2. The number of rotatable bonds is 1. The van der Waals surface area contributed by atoms with Crippen LogP contribution >= 0.6 is 31.9 Å². The highest BCUT2D eigenvalue weighted by atomic mass is 79.9. The first-order chi connectivity index (χ1) is 7.06. The lowest BCUT2D eigenvalue weighted by Gasteiger charge is -2.07. The van der Waals surface area contributed by atoms with Gasteiger partial charge in [0.1, 0.15) is 5.82 Å². The molecule has 0 aromatic carbocycles. The van der Waals surface area contributed by atoms with Gasteiger partial charge in [-0.25, -0.2) is 4.98 Å². The summed E-state index contributed by atoms with van der Waals surface area (Å²) in [7, 11) is 0. The first-order valence-corrected chi connectivity index (χ1v) is 6.26. The van der Waals surface area contributed by atoms with E-state index in [1.54, 1.807) is 0 Å². The van der Waals surface area contributed by atoms with Crippen LogP contribution in [0, 0.1) is 6.92 Å². The molecule has 2 aromatic heterocycles. The summed E-state index contributed by atoms with van der Waals surface area (Å²) >= 11 is 7.01. The van der Waals surface area contributed by atoms with E-state index in [0.717, 1.165) is 32.4 Å². The Kier molecular flexibility index (Phi) is 2.77. The van der Waals surface area contributed by atoms with Gasteiger partial charge >= 0.3 is 0 Å². The van der Waals surface area contributed by atoms with E-state index >= 15 is 0 Å². The molecule has 0 saturated carbocycles. The Bertz CT molecular complexity index is 531. The minimum atomic E-state index is 0.611. The standard InChI is InChI=1S/C10H11Br2N3/c1-3-8-9(13)14-10-7(12)4-6(11)5(2)15(8)10/h4H,3,13H2,1-2H3. The molecule has 0 fully saturated rings. The quantitative estimate of drug-likeness (QED) is 0.870. The van der Waals surface area contributed by atoms with Crippen molar-refractivity contribution in [1.82, 2.24) is 9.38 Å². The highest BCUT2D eigenvalue weighted by molar-refractivity contribution is 9.11. The molecule has 5 heteroatoms.